The van der Waals surface area contributed by atoms with Crippen LogP contribution >= 0.6 is 23.2 Å². The monoisotopic (exact) mass is 372 g/mol. The van der Waals surface area contributed by atoms with Crippen LogP contribution in [0.25, 0.3) is 0 Å². The van der Waals surface area contributed by atoms with Crippen LogP contribution in [0.15, 0.2) is 18.2 Å². The summed E-state index contributed by atoms with van der Waals surface area (Å²) in [6, 6.07) is 5.04. The summed E-state index contributed by atoms with van der Waals surface area (Å²) in [4.78, 5) is 25.8. The van der Waals surface area contributed by atoms with Crippen molar-refractivity contribution in [3.8, 4) is 0 Å². The van der Waals surface area contributed by atoms with Gasteiger partial charge in [-0.25, -0.2) is 0 Å². The lowest BCUT2D eigenvalue weighted by Crippen LogP contribution is -2.43. The Morgan fingerprint density at radius 2 is 2.00 bits per heavy atom. The molecule has 0 saturated carbocycles. The molecule has 0 radical (unpaired) electrons. The van der Waals surface area contributed by atoms with E-state index in [0.717, 1.165) is 18.4 Å². The second kappa shape index (κ2) is 8.70. The number of halogens is 2. The van der Waals surface area contributed by atoms with Crippen LogP contribution in [-0.4, -0.2) is 43.5 Å². The first-order chi connectivity index (χ1) is 11.4. The third-order valence-electron chi connectivity index (χ3n) is 4.30. The smallest absolute Gasteiger partial charge is 0.308 e. The van der Waals surface area contributed by atoms with Gasteiger partial charge in [0.2, 0.25) is 5.91 Å². The molecule has 0 unspecified atom stereocenters. The number of carbonyl (C=O) groups is 2. The summed E-state index contributed by atoms with van der Waals surface area (Å²) >= 11 is 12.1. The van der Waals surface area contributed by atoms with Gasteiger partial charge < -0.3 is 10.1 Å². The molecule has 0 spiro atoms. The fourth-order valence-electron chi connectivity index (χ4n) is 2.91. The molecular formula is C17H22Cl2N2O3. The van der Waals surface area contributed by atoms with Crippen molar-refractivity contribution in [3.63, 3.8) is 0 Å². The maximum Gasteiger partial charge on any atom is 0.308 e. The third kappa shape index (κ3) is 5.10. The highest BCUT2D eigenvalue weighted by atomic mass is 35.5. The van der Waals surface area contributed by atoms with Crippen LogP contribution in [-0.2, 0) is 14.3 Å². The van der Waals surface area contributed by atoms with Gasteiger partial charge in [0.1, 0.15) is 0 Å². The highest BCUT2D eigenvalue weighted by Gasteiger charge is 2.26. The van der Waals surface area contributed by atoms with E-state index in [2.05, 4.69) is 5.32 Å². The van der Waals surface area contributed by atoms with E-state index >= 15 is 0 Å². The molecular weight excluding hydrogens is 351 g/mol. The number of hydrogen-bond donors (Lipinski definition) is 1. The lowest BCUT2D eigenvalue weighted by molar-refractivity contribution is -0.147. The van der Waals surface area contributed by atoms with Gasteiger partial charge in [-0.15, -0.1) is 0 Å². The molecule has 1 aliphatic heterocycles. The van der Waals surface area contributed by atoms with Crippen molar-refractivity contribution in [1.82, 2.24) is 10.2 Å². The van der Waals surface area contributed by atoms with Crippen molar-refractivity contribution in [2.45, 2.75) is 25.8 Å². The Bertz CT molecular complexity index is 601. The zero-order valence-electron chi connectivity index (χ0n) is 13.9. The number of amides is 1. The molecule has 0 aliphatic carbocycles. The molecule has 1 amide bonds. The number of likely N-dealkylation sites (tertiary alicyclic amines) is 1. The summed E-state index contributed by atoms with van der Waals surface area (Å²) in [6.07, 6.45) is 1.44. The maximum atomic E-state index is 12.2. The predicted molar refractivity (Wildman–Crippen MR) is 94.2 cm³/mol. The van der Waals surface area contributed by atoms with Gasteiger partial charge >= 0.3 is 5.97 Å². The quantitative estimate of drug-likeness (QED) is 0.806. The van der Waals surface area contributed by atoms with E-state index in [0.29, 0.717) is 29.7 Å². The van der Waals surface area contributed by atoms with Gasteiger partial charge in [0, 0.05) is 10.0 Å². The Morgan fingerprint density at radius 3 is 2.58 bits per heavy atom. The number of piperidine rings is 1. The normalized spacial score (nSPS) is 17.3. The Balaban J connectivity index is 1.82. The molecule has 1 aromatic carbocycles. The van der Waals surface area contributed by atoms with Crippen LogP contribution in [0, 0.1) is 5.92 Å². The molecule has 0 bridgehead atoms. The Hall–Kier alpha value is -1.30. The summed E-state index contributed by atoms with van der Waals surface area (Å²) < 4.78 is 4.77. The van der Waals surface area contributed by atoms with Crippen LogP contribution in [0.2, 0.25) is 10.0 Å². The van der Waals surface area contributed by atoms with Crippen molar-refractivity contribution in [3.05, 3.63) is 33.8 Å². The second-order valence-corrected chi connectivity index (χ2v) is 6.87. The first kappa shape index (κ1) is 19.0. The highest BCUT2D eigenvalue weighted by Crippen LogP contribution is 2.26. The number of methoxy groups -OCH3 is 1. The minimum atomic E-state index is -0.199. The van der Waals surface area contributed by atoms with Gasteiger partial charge in [-0.1, -0.05) is 29.3 Å². The van der Waals surface area contributed by atoms with E-state index in [-0.39, 0.29) is 23.8 Å². The Labute approximate surface area is 152 Å². The summed E-state index contributed by atoms with van der Waals surface area (Å²) in [5, 5.41) is 4.05. The Morgan fingerprint density at radius 1 is 1.33 bits per heavy atom. The molecule has 1 N–H and O–H groups in total. The zero-order chi connectivity index (χ0) is 17.7. The van der Waals surface area contributed by atoms with Gasteiger partial charge in [0.15, 0.2) is 0 Å². The molecule has 132 valence electrons. The molecule has 1 aromatic rings. The predicted octanol–water partition coefficient (Wildman–Crippen LogP) is 3.06. The molecule has 0 aromatic heterocycles. The number of rotatable bonds is 5. The highest BCUT2D eigenvalue weighted by molar-refractivity contribution is 6.35. The molecule has 2 rings (SSSR count). The number of nitrogens with one attached hydrogen (secondary N) is 1. The van der Waals surface area contributed by atoms with Crippen molar-refractivity contribution < 1.29 is 14.3 Å². The molecule has 1 fully saturated rings. The van der Waals surface area contributed by atoms with E-state index < -0.39 is 0 Å². The van der Waals surface area contributed by atoms with Crippen LogP contribution in [0.1, 0.15) is 31.4 Å². The minimum absolute atomic E-state index is 0.0545. The second-order valence-electron chi connectivity index (χ2n) is 6.03. The number of hydrogen-bond acceptors (Lipinski definition) is 4. The first-order valence-electron chi connectivity index (χ1n) is 7.95. The largest absolute Gasteiger partial charge is 0.469 e. The number of esters is 1. The molecule has 1 saturated heterocycles. The van der Waals surface area contributed by atoms with Crippen LogP contribution in [0.5, 0.6) is 0 Å². The van der Waals surface area contributed by atoms with Crippen molar-refractivity contribution in [2.24, 2.45) is 5.92 Å². The van der Waals surface area contributed by atoms with Crippen molar-refractivity contribution >= 4 is 35.1 Å². The number of ether oxygens (including phenoxy) is 1. The third-order valence-corrected chi connectivity index (χ3v) is 4.86. The lowest BCUT2D eigenvalue weighted by atomic mass is 9.97. The molecule has 1 heterocycles. The fraction of sp³-hybridized carbons (Fsp3) is 0.529. The van der Waals surface area contributed by atoms with Gasteiger partial charge in [-0.3, -0.25) is 14.5 Å². The van der Waals surface area contributed by atoms with Gasteiger partial charge in [0.05, 0.1) is 25.6 Å². The average molecular weight is 373 g/mol. The fourth-order valence-corrected chi connectivity index (χ4v) is 3.49. The van der Waals surface area contributed by atoms with Gasteiger partial charge in [-0.2, -0.15) is 0 Å². The summed E-state index contributed by atoms with van der Waals surface area (Å²) in [6.45, 7) is 3.62. The summed E-state index contributed by atoms with van der Waals surface area (Å²) in [5.74, 6) is -0.281. The molecule has 1 atom stereocenters. The van der Waals surface area contributed by atoms with Crippen molar-refractivity contribution in [1.29, 1.82) is 0 Å². The van der Waals surface area contributed by atoms with E-state index in [9.17, 15) is 9.59 Å². The topological polar surface area (TPSA) is 58.6 Å². The van der Waals surface area contributed by atoms with E-state index in [4.69, 9.17) is 27.9 Å². The maximum absolute atomic E-state index is 12.2. The number of benzene rings is 1. The summed E-state index contributed by atoms with van der Waals surface area (Å²) in [7, 11) is 1.41. The van der Waals surface area contributed by atoms with Crippen LogP contribution in [0.4, 0.5) is 0 Å². The zero-order valence-corrected chi connectivity index (χ0v) is 15.4. The van der Waals surface area contributed by atoms with E-state index in [1.165, 1.54) is 7.11 Å². The molecule has 5 nitrogen and oxygen atoms in total. The molecule has 24 heavy (non-hydrogen) atoms. The minimum Gasteiger partial charge on any atom is -0.469 e. The standard InChI is InChI=1S/C17H22Cl2N2O3/c1-11(14-4-3-13(18)9-15(14)19)20-16(22)10-21-7-5-12(6-8-21)17(23)24-2/h3-4,9,11-12H,5-8,10H2,1-2H3,(H,20,22)/t11-/m1/s1. The van der Waals surface area contributed by atoms with E-state index in [1.807, 2.05) is 17.9 Å². The summed E-state index contributed by atoms with van der Waals surface area (Å²) in [5.41, 5.74) is 0.832. The SMILES string of the molecule is COC(=O)C1CCN(CC(=O)N[C@H](C)c2ccc(Cl)cc2Cl)CC1. The van der Waals surface area contributed by atoms with E-state index in [1.54, 1.807) is 12.1 Å². The Kier molecular flexibility index (Phi) is 6.90. The average Bonchev–Trinajstić information content (AvgIpc) is 2.54. The van der Waals surface area contributed by atoms with Gasteiger partial charge in [-0.05, 0) is 50.6 Å². The van der Waals surface area contributed by atoms with Gasteiger partial charge in [0.25, 0.3) is 0 Å². The van der Waals surface area contributed by atoms with Crippen LogP contribution in [0.3, 0.4) is 0 Å². The number of carbonyl (C=O) groups excluding carboxylic acids is 2. The molecule has 1 aliphatic rings. The van der Waals surface area contributed by atoms with Crippen LogP contribution < -0.4 is 5.32 Å². The first-order valence-corrected chi connectivity index (χ1v) is 8.70. The molecule has 7 heteroatoms. The van der Waals surface area contributed by atoms with Crippen molar-refractivity contribution in [2.75, 3.05) is 26.7 Å². The lowest BCUT2D eigenvalue weighted by Gasteiger charge is -2.30. The number of nitrogens with zero attached hydrogens (tertiary/aromatic N) is 1.